The van der Waals surface area contributed by atoms with Crippen molar-refractivity contribution in [3.8, 4) is 0 Å². The number of nitrogens with zero attached hydrogens (tertiary/aromatic N) is 1. The number of hydrogen-bond acceptors (Lipinski definition) is 2. The fourth-order valence-corrected chi connectivity index (χ4v) is 2.66. The number of rotatable bonds is 5. The zero-order valence-electron chi connectivity index (χ0n) is 14.0. The van der Waals surface area contributed by atoms with Gasteiger partial charge in [-0.2, -0.15) is 0 Å². The molecule has 0 bridgehead atoms. The van der Waals surface area contributed by atoms with Gasteiger partial charge in [-0.15, -0.1) is 0 Å². The lowest BCUT2D eigenvalue weighted by Crippen LogP contribution is -2.44. The fourth-order valence-electron chi connectivity index (χ4n) is 2.66. The zero-order chi connectivity index (χ0) is 16.7. The maximum Gasteiger partial charge on any atom is 0.246 e. The lowest BCUT2D eigenvalue weighted by Gasteiger charge is -2.31. The number of hydrogen-bond donors (Lipinski definition) is 1. The Kier molecular flexibility index (Phi) is 6.39. The molecule has 0 aromatic heterocycles. The molecule has 1 aliphatic heterocycles. The van der Waals surface area contributed by atoms with E-state index in [0.29, 0.717) is 13.1 Å². The van der Waals surface area contributed by atoms with Crippen LogP contribution < -0.4 is 5.32 Å². The standard InChI is InChI=1S/C19H26N2O2/c1-3-15(2)20-19(23)17-11-13-21(14-12-17)18(22)10-9-16-7-5-4-6-8-16/h4-10,15,17H,3,11-14H2,1-2H3,(H,20,23)/b10-9+. The lowest BCUT2D eigenvalue weighted by molar-refractivity contribution is -0.132. The average molecular weight is 314 g/mol. The van der Waals surface area contributed by atoms with Gasteiger partial charge in [0.15, 0.2) is 0 Å². The van der Waals surface area contributed by atoms with Gasteiger partial charge in [0.2, 0.25) is 11.8 Å². The summed E-state index contributed by atoms with van der Waals surface area (Å²) in [6.45, 7) is 5.38. The Hall–Kier alpha value is -2.10. The Bertz CT molecular complexity index is 546. The quantitative estimate of drug-likeness (QED) is 0.850. The Morgan fingerprint density at radius 3 is 2.52 bits per heavy atom. The van der Waals surface area contributed by atoms with Gasteiger partial charge in [-0.25, -0.2) is 0 Å². The van der Waals surface area contributed by atoms with Gasteiger partial charge in [-0.05, 0) is 37.8 Å². The van der Waals surface area contributed by atoms with Crippen molar-refractivity contribution in [3.05, 3.63) is 42.0 Å². The molecule has 1 heterocycles. The lowest BCUT2D eigenvalue weighted by atomic mass is 9.95. The molecule has 2 rings (SSSR count). The van der Waals surface area contributed by atoms with Crippen molar-refractivity contribution in [3.63, 3.8) is 0 Å². The van der Waals surface area contributed by atoms with Crippen LogP contribution in [0.3, 0.4) is 0 Å². The van der Waals surface area contributed by atoms with Crippen LogP contribution >= 0.6 is 0 Å². The first-order valence-electron chi connectivity index (χ1n) is 8.42. The number of likely N-dealkylation sites (tertiary alicyclic amines) is 1. The van der Waals surface area contributed by atoms with Crippen molar-refractivity contribution >= 4 is 17.9 Å². The molecular weight excluding hydrogens is 288 g/mol. The van der Waals surface area contributed by atoms with Crippen molar-refractivity contribution in [2.45, 2.75) is 39.2 Å². The Balaban J connectivity index is 1.81. The highest BCUT2D eigenvalue weighted by atomic mass is 16.2. The molecule has 0 aliphatic carbocycles. The molecule has 1 fully saturated rings. The summed E-state index contributed by atoms with van der Waals surface area (Å²) in [5.74, 6) is 0.187. The van der Waals surface area contributed by atoms with Crippen molar-refractivity contribution < 1.29 is 9.59 Å². The van der Waals surface area contributed by atoms with Crippen LogP contribution in [0.5, 0.6) is 0 Å². The van der Waals surface area contributed by atoms with E-state index in [2.05, 4.69) is 12.2 Å². The third-order valence-corrected chi connectivity index (χ3v) is 4.40. The number of carbonyl (C=O) groups is 2. The largest absolute Gasteiger partial charge is 0.353 e. The molecule has 1 aliphatic rings. The van der Waals surface area contributed by atoms with Crippen molar-refractivity contribution in [1.29, 1.82) is 0 Å². The molecule has 0 saturated carbocycles. The summed E-state index contributed by atoms with van der Waals surface area (Å²) in [6, 6.07) is 10.0. The Labute approximate surface area is 138 Å². The minimum atomic E-state index is 0.0228. The monoisotopic (exact) mass is 314 g/mol. The maximum atomic E-state index is 12.2. The van der Waals surface area contributed by atoms with E-state index >= 15 is 0 Å². The van der Waals surface area contributed by atoms with E-state index in [4.69, 9.17) is 0 Å². The van der Waals surface area contributed by atoms with E-state index in [1.54, 1.807) is 6.08 Å². The summed E-state index contributed by atoms with van der Waals surface area (Å²) in [5.41, 5.74) is 1.02. The van der Waals surface area contributed by atoms with E-state index in [1.165, 1.54) is 0 Å². The number of carbonyl (C=O) groups excluding carboxylic acids is 2. The summed E-state index contributed by atoms with van der Waals surface area (Å²) >= 11 is 0. The predicted molar refractivity (Wildman–Crippen MR) is 92.7 cm³/mol. The molecule has 1 saturated heterocycles. The van der Waals surface area contributed by atoms with Crippen molar-refractivity contribution in [1.82, 2.24) is 10.2 Å². The molecule has 1 aromatic rings. The summed E-state index contributed by atoms with van der Waals surface area (Å²) in [5, 5.41) is 3.03. The van der Waals surface area contributed by atoms with E-state index in [9.17, 15) is 9.59 Å². The molecular formula is C19H26N2O2. The van der Waals surface area contributed by atoms with E-state index in [1.807, 2.05) is 48.2 Å². The molecule has 1 atom stereocenters. The summed E-state index contributed by atoms with van der Waals surface area (Å²) in [4.78, 5) is 26.2. The molecule has 23 heavy (non-hydrogen) atoms. The Morgan fingerprint density at radius 1 is 1.26 bits per heavy atom. The second-order valence-corrected chi connectivity index (χ2v) is 6.16. The molecule has 1 aromatic carbocycles. The van der Waals surface area contributed by atoms with Crippen LogP contribution in [0.25, 0.3) is 6.08 Å². The molecule has 0 radical (unpaired) electrons. The first-order valence-corrected chi connectivity index (χ1v) is 8.42. The number of nitrogens with one attached hydrogen (secondary N) is 1. The smallest absolute Gasteiger partial charge is 0.246 e. The van der Waals surface area contributed by atoms with Gasteiger partial charge in [0, 0.05) is 31.1 Å². The van der Waals surface area contributed by atoms with Gasteiger partial charge >= 0.3 is 0 Å². The molecule has 2 amide bonds. The van der Waals surface area contributed by atoms with Gasteiger partial charge in [0.1, 0.15) is 0 Å². The van der Waals surface area contributed by atoms with Crippen LogP contribution in [-0.4, -0.2) is 35.8 Å². The normalized spacial score (nSPS) is 17.2. The highest BCUT2D eigenvalue weighted by Crippen LogP contribution is 2.18. The summed E-state index contributed by atoms with van der Waals surface area (Å²) in [6.07, 6.45) is 5.88. The van der Waals surface area contributed by atoms with Gasteiger partial charge in [0.25, 0.3) is 0 Å². The van der Waals surface area contributed by atoms with Crippen LogP contribution in [0.15, 0.2) is 36.4 Å². The third kappa shape index (κ3) is 5.23. The van der Waals surface area contributed by atoms with E-state index in [-0.39, 0.29) is 23.8 Å². The molecule has 124 valence electrons. The molecule has 4 heteroatoms. The van der Waals surface area contributed by atoms with Crippen LogP contribution in [0.4, 0.5) is 0 Å². The van der Waals surface area contributed by atoms with Crippen molar-refractivity contribution in [2.75, 3.05) is 13.1 Å². The second-order valence-electron chi connectivity index (χ2n) is 6.16. The summed E-state index contributed by atoms with van der Waals surface area (Å²) in [7, 11) is 0. The number of piperidine rings is 1. The van der Waals surface area contributed by atoms with Crippen molar-refractivity contribution in [2.24, 2.45) is 5.92 Å². The predicted octanol–water partition coefficient (Wildman–Crippen LogP) is 2.85. The summed E-state index contributed by atoms with van der Waals surface area (Å²) < 4.78 is 0. The topological polar surface area (TPSA) is 49.4 Å². The highest BCUT2D eigenvalue weighted by molar-refractivity contribution is 5.92. The first-order chi connectivity index (χ1) is 11.1. The zero-order valence-corrected chi connectivity index (χ0v) is 14.0. The van der Waals surface area contributed by atoms with Crippen LogP contribution in [0.1, 0.15) is 38.7 Å². The SMILES string of the molecule is CCC(C)NC(=O)C1CCN(C(=O)/C=C/c2ccccc2)CC1. The fraction of sp³-hybridized carbons (Fsp3) is 0.474. The number of amides is 2. The minimum absolute atomic E-state index is 0.0228. The van der Waals surface area contributed by atoms with Gasteiger partial charge in [-0.1, -0.05) is 37.3 Å². The third-order valence-electron chi connectivity index (χ3n) is 4.40. The first kappa shape index (κ1) is 17.3. The minimum Gasteiger partial charge on any atom is -0.353 e. The second kappa shape index (κ2) is 8.51. The van der Waals surface area contributed by atoms with Gasteiger partial charge in [0.05, 0.1) is 0 Å². The van der Waals surface area contributed by atoms with Crippen LogP contribution in [-0.2, 0) is 9.59 Å². The van der Waals surface area contributed by atoms with E-state index in [0.717, 1.165) is 24.8 Å². The highest BCUT2D eigenvalue weighted by Gasteiger charge is 2.26. The molecule has 4 nitrogen and oxygen atoms in total. The molecule has 1 N–H and O–H groups in total. The van der Waals surface area contributed by atoms with E-state index < -0.39 is 0 Å². The Morgan fingerprint density at radius 2 is 1.91 bits per heavy atom. The maximum absolute atomic E-state index is 12.2. The van der Waals surface area contributed by atoms with Gasteiger partial charge < -0.3 is 10.2 Å². The molecule has 1 unspecified atom stereocenters. The molecule has 0 spiro atoms. The van der Waals surface area contributed by atoms with Crippen LogP contribution in [0, 0.1) is 5.92 Å². The van der Waals surface area contributed by atoms with Gasteiger partial charge in [-0.3, -0.25) is 9.59 Å². The van der Waals surface area contributed by atoms with Crippen LogP contribution in [0.2, 0.25) is 0 Å². The number of benzene rings is 1. The average Bonchev–Trinajstić information content (AvgIpc) is 2.60.